The molecule has 0 spiro atoms. The average Bonchev–Trinajstić information content (AvgIpc) is 2.64. The maximum absolute atomic E-state index is 5.56. The highest BCUT2D eigenvalue weighted by Crippen LogP contribution is 2.40. The molecule has 90 valence electrons. The quantitative estimate of drug-likeness (QED) is 0.796. The molecule has 0 amide bonds. The van der Waals surface area contributed by atoms with E-state index in [-0.39, 0.29) is 0 Å². The number of ether oxygens (including phenoxy) is 1. The third kappa shape index (κ3) is 2.47. The molecule has 0 saturated carbocycles. The maximum Gasteiger partial charge on any atom is 0.109 e. The van der Waals surface area contributed by atoms with Crippen molar-refractivity contribution >= 4 is 0 Å². The zero-order valence-corrected chi connectivity index (χ0v) is 10.4. The van der Waals surface area contributed by atoms with Crippen molar-refractivity contribution in [2.24, 2.45) is 5.41 Å². The van der Waals surface area contributed by atoms with Crippen molar-refractivity contribution in [3.05, 3.63) is 23.7 Å². The Morgan fingerprint density at radius 3 is 3.12 bits per heavy atom. The zero-order valence-electron chi connectivity index (χ0n) is 10.4. The van der Waals surface area contributed by atoms with E-state index < -0.39 is 0 Å². The van der Waals surface area contributed by atoms with Gasteiger partial charge in [0, 0.05) is 31.7 Å². The Labute approximate surface area is 97.2 Å². The lowest BCUT2D eigenvalue weighted by Crippen LogP contribution is -2.34. The molecule has 2 rings (SSSR count). The highest BCUT2D eigenvalue weighted by molar-refractivity contribution is 5.26. The van der Waals surface area contributed by atoms with E-state index in [1.165, 1.54) is 5.56 Å². The number of hydrogen-bond acceptors (Lipinski definition) is 3. The summed E-state index contributed by atoms with van der Waals surface area (Å²) in [5.41, 5.74) is 1.64. The van der Waals surface area contributed by atoms with Crippen molar-refractivity contribution in [1.29, 1.82) is 0 Å². The van der Waals surface area contributed by atoms with Gasteiger partial charge in [0.15, 0.2) is 0 Å². The van der Waals surface area contributed by atoms with Crippen LogP contribution in [0, 0.1) is 5.41 Å². The van der Waals surface area contributed by atoms with E-state index in [1.807, 2.05) is 0 Å². The fourth-order valence-electron chi connectivity index (χ4n) is 2.49. The van der Waals surface area contributed by atoms with Crippen LogP contribution in [0.2, 0.25) is 0 Å². The zero-order chi connectivity index (χ0) is 11.6. The van der Waals surface area contributed by atoms with E-state index >= 15 is 0 Å². The van der Waals surface area contributed by atoms with Crippen molar-refractivity contribution in [3.8, 4) is 0 Å². The molecule has 0 saturated heterocycles. The lowest BCUT2D eigenvalue weighted by molar-refractivity contribution is 0.182. The molecule has 1 unspecified atom stereocenters. The van der Waals surface area contributed by atoms with Gasteiger partial charge in [0.1, 0.15) is 5.76 Å². The van der Waals surface area contributed by atoms with Crippen LogP contribution in [0.1, 0.15) is 37.6 Å². The molecule has 1 aliphatic carbocycles. The molecule has 1 aromatic rings. The maximum atomic E-state index is 5.56. The fraction of sp³-hybridized carbons (Fsp3) is 0.692. The first-order valence-electron chi connectivity index (χ1n) is 5.91. The van der Waals surface area contributed by atoms with Crippen molar-refractivity contribution in [2.45, 2.75) is 32.7 Å². The van der Waals surface area contributed by atoms with Crippen LogP contribution in [0.3, 0.4) is 0 Å². The summed E-state index contributed by atoms with van der Waals surface area (Å²) in [5.74, 6) is 1.14. The molecule has 1 atom stereocenters. The summed E-state index contributed by atoms with van der Waals surface area (Å²) in [4.78, 5) is 0. The van der Waals surface area contributed by atoms with Crippen LogP contribution in [-0.4, -0.2) is 20.3 Å². The second-order valence-corrected chi connectivity index (χ2v) is 5.34. The van der Waals surface area contributed by atoms with Gasteiger partial charge in [0.25, 0.3) is 0 Å². The van der Waals surface area contributed by atoms with E-state index in [1.54, 1.807) is 13.4 Å². The van der Waals surface area contributed by atoms with Crippen LogP contribution >= 0.6 is 0 Å². The second kappa shape index (κ2) is 4.60. The number of fused-ring (bicyclic) bond motifs is 1. The summed E-state index contributed by atoms with van der Waals surface area (Å²) in [6, 6.07) is 2.50. The molecular formula is C13H21NO2. The highest BCUT2D eigenvalue weighted by atomic mass is 16.5. The minimum Gasteiger partial charge on any atom is -0.469 e. The van der Waals surface area contributed by atoms with Crippen LogP contribution in [0.15, 0.2) is 16.7 Å². The summed E-state index contributed by atoms with van der Waals surface area (Å²) < 4.78 is 10.6. The van der Waals surface area contributed by atoms with Crippen LogP contribution in [-0.2, 0) is 11.2 Å². The van der Waals surface area contributed by atoms with Crippen LogP contribution in [0.5, 0.6) is 0 Å². The largest absolute Gasteiger partial charge is 0.469 e. The lowest BCUT2D eigenvalue weighted by Gasteiger charge is -2.34. The SMILES string of the molecule is COCCNC1CC(C)(C)Cc2occc21. The van der Waals surface area contributed by atoms with Gasteiger partial charge in [-0.15, -0.1) is 0 Å². The van der Waals surface area contributed by atoms with E-state index in [9.17, 15) is 0 Å². The van der Waals surface area contributed by atoms with Gasteiger partial charge in [0.2, 0.25) is 0 Å². The molecule has 0 fully saturated rings. The van der Waals surface area contributed by atoms with Gasteiger partial charge in [0.05, 0.1) is 12.9 Å². The minimum absolute atomic E-state index is 0.315. The van der Waals surface area contributed by atoms with Crippen LogP contribution < -0.4 is 5.32 Å². The van der Waals surface area contributed by atoms with E-state index in [0.717, 1.165) is 31.8 Å². The minimum atomic E-state index is 0.315. The van der Waals surface area contributed by atoms with E-state index in [0.29, 0.717) is 11.5 Å². The van der Waals surface area contributed by atoms with Crippen LogP contribution in [0.25, 0.3) is 0 Å². The third-order valence-corrected chi connectivity index (χ3v) is 3.25. The predicted molar refractivity (Wildman–Crippen MR) is 63.4 cm³/mol. The van der Waals surface area contributed by atoms with Gasteiger partial charge in [-0.25, -0.2) is 0 Å². The predicted octanol–water partition coefficient (Wildman–Crippen LogP) is 2.53. The van der Waals surface area contributed by atoms with Crippen molar-refractivity contribution in [3.63, 3.8) is 0 Å². The van der Waals surface area contributed by atoms with Crippen molar-refractivity contribution in [1.82, 2.24) is 5.32 Å². The molecule has 3 heteroatoms. The monoisotopic (exact) mass is 223 g/mol. The third-order valence-electron chi connectivity index (χ3n) is 3.25. The molecule has 0 bridgehead atoms. The molecule has 1 N–H and O–H groups in total. The first-order valence-corrected chi connectivity index (χ1v) is 5.91. The summed E-state index contributed by atoms with van der Waals surface area (Å²) in [5, 5.41) is 3.54. The Balaban J connectivity index is 2.07. The smallest absolute Gasteiger partial charge is 0.109 e. The van der Waals surface area contributed by atoms with Gasteiger partial charge in [-0.2, -0.15) is 0 Å². The summed E-state index contributed by atoms with van der Waals surface area (Å²) in [6.45, 7) is 6.24. The molecule has 1 heterocycles. The lowest BCUT2D eigenvalue weighted by atomic mass is 9.75. The summed E-state index contributed by atoms with van der Waals surface area (Å²) in [7, 11) is 1.73. The second-order valence-electron chi connectivity index (χ2n) is 5.34. The molecule has 0 aromatic carbocycles. The number of methoxy groups -OCH3 is 1. The first-order chi connectivity index (χ1) is 7.62. The van der Waals surface area contributed by atoms with Gasteiger partial charge < -0.3 is 14.5 Å². The van der Waals surface area contributed by atoms with Gasteiger partial charge in [-0.1, -0.05) is 13.8 Å². The Morgan fingerprint density at radius 1 is 1.56 bits per heavy atom. The summed E-state index contributed by atoms with van der Waals surface area (Å²) in [6.07, 6.45) is 4.00. The molecule has 0 radical (unpaired) electrons. The number of furan rings is 1. The van der Waals surface area contributed by atoms with E-state index in [2.05, 4.69) is 25.2 Å². The standard InChI is InChI=1S/C13H21NO2/c1-13(2)8-11(14-5-7-15-3)10-4-6-16-12(10)9-13/h4,6,11,14H,5,7-9H2,1-3H3. The topological polar surface area (TPSA) is 34.4 Å². The number of rotatable bonds is 4. The Bertz CT molecular complexity index is 343. The van der Waals surface area contributed by atoms with Gasteiger partial charge >= 0.3 is 0 Å². The average molecular weight is 223 g/mol. The summed E-state index contributed by atoms with van der Waals surface area (Å²) >= 11 is 0. The molecule has 1 aliphatic rings. The molecule has 16 heavy (non-hydrogen) atoms. The normalized spacial score (nSPS) is 23.1. The molecule has 3 nitrogen and oxygen atoms in total. The Morgan fingerprint density at radius 2 is 2.38 bits per heavy atom. The van der Waals surface area contributed by atoms with Gasteiger partial charge in [-0.05, 0) is 17.9 Å². The number of nitrogens with one attached hydrogen (secondary N) is 1. The van der Waals surface area contributed by atoms with Gasteiger partial charge in [-0.3, -0.25) is 0 Å². The first kappa shape index (κ1) is 11.7. The molecular weight excluding hydrogens is 202 g/mol. The molecule has 1 aromatic heterocycles. The van der Waals surface area contributed by atoms with E-state index in [4.69, 9.17) is 9.15 Å². The highest BCUT2D eigenvalue weighted by Gasteiger charge is 2.33. The Hall–Kier alpha value is -0.800. The van der Waals surface area contributed by atoms with Crippen molar-refractivity contribution in [2.75, 3.05) is 20.3 Å². The Kier molecular flexibility index (Phi) is 3.36. The molecule has 0 aliphatic heterocycles. The fourth-order valence-corrected chi connectivity index (χ4v) is 2.49. The number of hydrogen-bond donors (Lipinski definition) is 1. The van der Waals surface area contributed by atoms with Crippen molar-refractivity contribution < 1.29 is 9.15 Å². The van der Waals surface area contributed by atoms with Crippen LogP contribution in [0.4, 0.5) is 0 Å².